The van der Waals surface area contributed by atoms with Gasteiger partial charge in [0.1, 0.15) is 11.5 Å². The number of β-lactam (4-membered cyclic amide) rings is 1. The molecule has 3 unspecified atom stereocenters. The fourth-order valence-electron chi connectivity index (χ4n) is 4.68. The number of esters is 1. The molecule has 3 atom stereocenters. The van der Waals surface area contributed by atoms with E-state index in [2.05, 4.69) is 0 Å². The number of fused-ring (bicyclic) bond motifs is 1. The highest BCUT2D eigenvalue weighted by atomic mass is 32.2. The number of nitro benzene ring substituents is 1. The normalized spacial score (nSPS) is 21.2. The van der Waals surface area contributed by atoms with Gasteiger partial charge >= 0.3 is 16.1 Å². The maximum Gasteiger partial charge on any atom is 0.359 e. The van der Waals surface area contributed by atoms with E-state index in [-0.39, 0.29) is 28.6 Å². The van der Waals surface area contributed by atoms with E-state index >= 15 is 0 Å². The number of hydrogen-bond donors (Lipinski definition) is 1. The summed E-state index contributed by atoms with van der Waals surface area (Å²) in [6.45, 7) is 6.22. The van der Waals surface area contributed by atoms with Crippen LogP contribution in [0.5, 0.6) is 0 Å². The third kappa shape index (κ3) is 4.58. The summed E-state index contributed by atoms with van der Waals surface area (Å²) in [5, 5.41) is 21.1. The van der Waals surface area contributed by atoms with Crippen LogP contribution in [0.4, 0.5) is 5.69 Å². The average Bonchev–Trinajstić information content (AvgIpc) is 3.01. The molecule has 4 rings (SSSR count). The highest BCUT2D eigenvalue weighted by Crippen LogP contribution is 2.55. The van der Waals surface area contributed by atoms with Crippen molar-refractivity contribution in [2.24, 2.45) is 11.3 Å². The first-order valence-corrected chi connectivity index (χ1v) is 12.8. The Labute approximate surface area is 213 Å². The number of aliphatic hydroxyl groups excluding tert-OH is 1. The van der Waals surface area contributed by atoms with Gasteiger partial charge in [-0.15, -0.1) is 0 Å². The summed E-state index contributed by atoms with van der Waals surface area (Å²) in [4.78, 5) is 37.5. The molecule has 11 nitrogen and oxygen atoms in total. The van der Waals surface area contributed by atoms with E-state index in [4.69, 9.17) is 8.92 Å². The lowest BCUT2D eigenvalue weighted by atomic mass is 9.71. The number of nitrogens with zero attached hydrogens (tertiary/aromatic N) is 2. The minimum Gasteiger partial charge on any atom is -0.456 e. The second kappa shape index (κ2) is 9.27. The summed E-state index contributed by atoms with van der Waals surface area (Å²) in [5.74, 6) is -2.68. The van der Waals surface area contributed by atoms with Crippen molar-refractivity contribution >= 4 is 27.7 Å². The first-order valence-electron chi connectivity index (χ1n) is 11.4. The molecule has 1 saturated heterocycles. The Morgan fingerprint density at radius 1 is 1.16 bits per heavy atom. The number of aryl methyl sites for hydroxylation is 1. The molecule has 196 valence electrons. The molecule has 2 aliphatic heterocycles. The Morgan fingerprint density at radius 3 is 2.30 bits per heavy atom. The number of nitro groups is 1. The fourth-order valence-corrected chi connectivity index (χ4v) is 5.76. The Kier molecular flexibility index (Phi) is 6.59. The average molecular weight is 531 g/mol. The van der Waals surface area contributed by atoms with Crippen LogP contribution in [0.15, 0.2) is 64.9 Å². The number of ether oxygens (including phenoxy) is 1. The molecule has 2 aromatic carbocycles. The Hall–Kier alpha value is -3.77. The third-order valence-electron chi connectivity index (χ3n) is 6.65. The summed E-state index contributed by atoms with van der Waals surface area (Å²) >= 11 is 0. The van der Waals surface area contributed by atoms with Gasteiger partial charge in [-0.05, 0) is 43.7 Å². The second-order valence-electron chi connectivity index (χ2n) is 9.67. The van der Waals surface area contributed by atoms with Crippen molar-refractivity contribution in [3.05, 3.63) is 81.2 Å². The first kappa shape index (κ1) is 26.3. The number of hydrogen-bond acceptors (Lipinski definition) is 9. The van der Waals surface area contributed by atoms with Crippen LogP contribution in [0.25, 0.3) is 0 Å². The van der Waals surface area contributed by atoms with Crippen LogP contribution in [0.2, 0.25) is 0 Å². The smallest absolute Gasteiger partial charge is 0.359 e. The van der Waals surface area contributed by atoms with Gasteiger partial charge in [0.05, 0.1) is 23.0 Å². The van der Waals surface area contributed by atoms with Crippen LogP contribution >= 0.6 is 0 Å². The second-order valence-corrected chi connectivity index (χ2v) is 11.2. The minimum absolute atomic E-state index is 0.132. The molecule has 2 heterocycles. The van der Waals surface area contributed by atoms with Crippen molar-refractivity contribution in [2.45, 2.75) is 51.3 Å². The number of carbonyl (C=O) groups is 2. The molecule has 0 bridgehead atoms. The number of aliphatic hydroxyl groups is 1. The molecule has 12 heteroatoms. The van der Waals surface area contributed by atoms with E-state index in [0.29, 0.717) is 5.56 Å². The van der Waals surface area contributed by atoms with Gasteiger partial charge in [-0.25, -0.2) is 4.79 Å². The molecule has 37 heavy (non-hydrogen) atoms. The van der Waals surface area contributed by atoms with Crippen molar-refractivity contribution < 1.29 is 37.0 Å². The molecular weight excluding hydrogens is 504 g/mol. The number of non-ortho nitro benzene ring substituents is 1. The third-order valence-corrected chi connectivity index (χ3v) is 7.89. The molecule has 0 aromatic heterocycles. The Balaban J connectivity index is 1.69. The van der Waals surface area contributed by atoms with E-state index in [0.717, 1.165) is 10.5 Å². The van der Waals surface area contributed by atoms with E-state index in [1.54, 1.807) is 32.9 Å². The van der Waals surface area contributed by atoms with E-state index in [1.807, 2.05) is 0 Å². The van der Waals surface area contributed by atoms with Crippen LogP contribution in [0.3, 0.4) is 0 Å². The Bertz CT molecular complexity index is 1390. The SMILES string of the molecule is Cc1ccc(S(=O)(=O)OC2=C(C(=O)OCc3ccc([N+](=O)[O-])cc3)N3C(=O)C(C(C)O)C3C2(C)C)cc1. The lowest BCUT2D eigenvalue weighted by Gasteiger charge is -2.49. The van der Waals surface area contributed by atoms with Crippen molar-refractivity contribution in [3.8, 4) is 0 Å². The zero-order chi connectivity index (χ0) is 27.3. The number of rotatable bonds is 8. The lowest BCUT2D eigenvalue weighted by Crippen LogP contribution is -2.65. The largest absolute Gasteiger partial charge is 0.456 e. The van der Waals surface area contributed by atoms with Gasteiger partial charge in [0.2, 0.25) is 5.91 Å². The molecule has 0 radical (unpaired) electrons. The van der Waals surface area contributed by atoms with Crippen LogP contribution in [-0.2, 0) is 35.2 Å². The summed E-state index contributed by atoms with van der Waals surface area (Å²) in [7, 11) is -4.38. The Morgan fingerprint density at radius 2 is 1.76 bits per heavy atom. The van der Waals surface area contributed by atoms with Crippen molar-refractivity contribution in [3.63, 3.8) is 0 Å². The van der Waals surface area contributed by atoms with Gasteiger partial charge in [-0.1, -0.05) is 31.5 Å². The lowest BCUT2D eigenvalue weighted by molar-refractivity contribution is -0.384. The maximum atomic E-state index is 13.3. The van der Waals surface area contributed by atoms with Crippen LogP contribution in [-0.4, -0.2) is 47.4 Å². The molecule has 0 aliphatic carbocycles. The maximum absolute atomic E-state index is 13.3. The highest BCUT2D eigenvalue weighted by molar-refractivity contribution is 7.86. The summed E-state index contributed by atoms with van der Waals surface area (Å²) in [6.07, 6.45) is -1.04. The predicted octanol–water partition coefficient (Wildman–Crippen LogP) is 2.81. The first-order chi connectivity index (χ1) is 17.3. The molecule has 1 N–H and O–H groups in total. The van der Waals surface area contributed by atoms with E-state index < -0.39 is 50.4 Å². The number of amides is 1. The molecule has 2 aliphatic rings. The van der Waals surface area contributed by atoms with Gasteiger partial charge in [-0.3, -0.25) is 19.8 Å². The van der Waals surface area contributed by atoms with Crippen LogP contribution < -0.4 is 0 Å². The van der Waals surface area contributed by atoms with Crippen molar-refractivity contribution in [1.82, 2.24) is 4.90 Å². The zero-order valence-corrected chi connectivity index (χ0v) is 21.4. The van der Waals surface area contributed by atoms with E-state index in [9.17, 15) is 33.2 Å². The molecule has 2 aromatic rings. The molecule has 1 fully saturated rings. The molecular formula is C25H26N2O9S. The molecule has 1 amide bonds. The van der Waals surface area contributed by atoms with Crippen molar-refractivity contribution in [2.75, 3.05) is 0 Å². The summed E-state index contributed by atoms with van der Waals surface area (Å²) < 4.78 is 37.2. The van der Waals surface area contributed by atoms with Crippen molar-refractivity contribution in [1.29, 1.82) is 0 Å². The quantitative estimate of drug-likeness (QED) is 0.178. The van der Waals surface area contributed by atoms with Crippen LogP contribution in [0.1, 0.15) is 31.9 Å². The monoisotopic (exact) mass is 530 g/mol. The van der Waals surface area contributed by atoms with Gasteiger partial charge in [0, 0.05) is 17.5 Å². The van der Waals surface area contributed by atoms with Crippen LogP contribution in [0, 0.1) is 28.4 Å². The standard InChI is InChI=1S/C25H26N2O9S/c1-14-5-11-18(12-6-14)37(33,34)36-22-20(26-21(25(22,3)4)19(15(2)28)23(26)29)24(30)35-13-16-7-9-17(10-8-16)27(31)32/h5-12,15,19,21,28H,13H2,1-4H3. The topological polar surface area (TPSA) is 153 Å². The van der Waals surface area contributed by atoms with Gasteiger partial charge in [-0.2, -0.15) is 8.42 Å². The number of benzene rings is 2. The fraction of sp³-hybridized carbons (Fsp3) is 0.360. The van der Waals surface area contributed by atoms with E-state index in [1.165, 1.54) is 43.3 Å². The highest BCUT2D eigenvalue weighted by Gasteiger charge is 2.66. The number of carbonyl (C=O) groups excluding carboxylic acids is 2. The summed E-state index contributed by atoms with van der Waals surface area (Å²) in [6, 6.07) is 10.6. The molecule has 0 saturated carbocycles. The van der Waals surface area contributed by atoms with Gasteiger partial charge < -0.3 is 14.0 Å². The molecule has 0 spiro atoms. The summed E-state index contributed by atoms with van der Waals surface area (Å²) in [5.41, 5.74) is -0.362. The zero-order valence-electron chi connectivity index (χ0n) is 20.6. The predicted molar refractivity (Wildman–Crippen MR) is 129 cm³/mol. The minimum atomic E-state index is -4.38. The van der Waals surface area contributed by atoms with Gasteiger partial charge in [0.15, 0.2) is 11.5 Å². The van der Waals surface area contributed by atoms with Gasteiger partial charge in [0.25, 0.3) is 5.69 Å².